The Hall–Kier alpha value is -1.32. The Morgan fingerprint density at radius 3 is 2.54 bits per heavy atom. The van der Waals surface area contributed by atoms with E-state index in [1.54, 1.807) is 7.11 Å². The van der Waals surface area contributed by atoms with Crippen molar-refractivity contribution in [3.05, 3.63) is 52.2 Å². The predicted octanol–water partition coefficient (Wildman–Crippen LogP) is 4.27. The summed E-state index contributed by atoms with van der Waals surface area (Å²) in [6.07, 6.45) is 2.60. The van der Waals surface area contributed by atoms with Crippen LogP contribution in [0.5, 0.6) is 5.75 Å². The lowest BCUT2D eigenvalue weighted by molar-refractivity contribution is 0.249. The molecule has 0 saturated carbocycles. The summed E-state index contributed by atoms with van der Waals surface area (Å²) >= 11 is 1.84. The summed E-state index contributed by atoms with van der Waals surface area (Å²) in [5.74, 6) is 1.74. The maximum absolute atomic E-state index is 5.22. The molecule has 5 nitrogen and oxygen atoms in total. The van der Waals surface area contributed by atoms with Crippen molar-refractivity contribution in [3.8, 4) is 5.75 Å². The van der Waals surface area contributed by atoms with Gasteiger partial charge in [0.2, 0.25) is 0 Å². The number of nitrogens with zero attached hydrogens (tertiary/aromatic N) is 2. The molecular formula is C21H31IN4OS. The van der Waals surface area contributed by atoms with Gasteiger partial charge in [0.15, 0.2) is 5.96 Å². The molecule has 2 aromatic rings. The van der Waals surface area contributed by atoms with E-state index in [9.17, 15) is 0 Å². The van der Waals surface area contributed by atoms with E-state index in [2.05, 4.69) is 52.1 Å². The summed E-state index contributed by atoms with van der Waals surface area (Å²) in [4.78, 5) is 8.77. The van der Waals surface area contributed by atoms with Crippen LogP contribution in [0.25, 0.3) is 0 Å². The van der Waals surface area contributed by atoms with E-state index in [0.29, 0.717) is 12.6 Å². The fourth-order valence-electron chi connectivity index (χ4n) is 3.38. The number of methoxy groups -OCH3 is 1. The minimum atomic E-state index is 0. The molecule has 0 radical (unpaired) electrons. The smallest absolute Gasteiger partial charge is 0.191 e. The van der Waals surface area contributed by atoms with Crippen LogP contribution in [0.4, 0.5) is 0 Å². The third-order valence-electron chi connectivity index (χ3n) is 4.84. The van der Waals surface area contributed by atoms with Gasteiger partial charge in [-0.1, -0.05) is 18.2 Å². The highest BCUT2D eigenvalue weighted by molar-refractivity contribution is 14.0. The second-order valence-corrected chi connectivity index (χ2v) is 7.68. The maximum atomic E-state index is 5.22. The second kappa shape index (κ2) is 12.3. The third kappa shape index (κ3) is 6.63. The van der Waals surface area contributed by atoms with Crippen LogP contribution < -0.4 is 15.4 Å². The summed E-state index contributed by atoms with van der Waals surface area (Å²) in [7, 11) is 1.69. The molecule has 1 aromatic carbocycles. The van der Waals surface area contributed by atoms with Gasteiger partial charge >= 0.3 is 0 Å². The lowest BCUT2D eigenvalue weighted by Gasteiger charge is -2.27. The Bertz CT molecular complexity index is 700. The van der Waals surface area contributed by atoms with Crippen molar-refractivity contribution >= 4 is 41.3 Å². The van der Waals surface area contributed by atoms with E-state index in [1.165, 1.54) is 36.4 Å². The van der Waals surface area contributed by atoms with Crippen molar-refractivity contribution < 1.29 is 4.74 Å². The Morgan fingerprint density at radius 1 is 1.18 bits per heavy atom. The molecule has 1 aliphatic heterocycles. The van der Waals surface area contributed by atoms with Gasteiger partial charge in [-0.25, -0.2) is 4.99 Å². The predicted molar refractivity (Wildman–Crippen MR) is 129 cm³/mol. The molecule has 0 amide bonds. The molecule has 0 aliphatic carbocycles. The van der Waals surface area contributed by atoms with Gasteiger partial charge in [-0.2, -0.15) is 0 Å². The molecular weight excluding hydrogens is 483 g/mol. The lowest BCUT2D eigenvalue weighted by atomic mass is 10.2. The normalized spacial score (nSPS) is 15.7. The minimum Gasteiger partial charge on any atom is -0.497 e. The van der Waals surface area contributed by atoms with Crippen molar-refractivity contribution in [1.29, 1.82) is 0 Å². The highest BCUT2D eigenvalue weighted by atomic mass is 127. The molecule has 3 rings (SSSR count). The van der Waals surface area contributed by atoms with E-state index in [4.69, 9.17) is 9.73 Å². The molecule has 154 valence electrons. The highest BCUT2D eigenvalue weighted by Crippen LogP contribution is 2.27. The summed E-state index contributed by atoms with van der Waals surface area (Å²) in [6.45, 7) is 6.83. The van der Waals surface area contributed by atoms with E-state index < -0.39 is 0 Å². The Kier molecular flexibility index (Phi) is 10.1. The first kappa shape index (κ1) is 23.0. The average Bonchev–Trinajstić information content (AvgIpc) is 3.41. The number of hydrogen-bond donors (Lipinski definition) is 2. The van der Waals surface area contributed by atoms with Gasteiger partial charge in [-0.15, -0.1) is 35.3 Å². The molecule has 0 spiro atoms. The molecule has 28 heavy (non-hydrogen) atoms. The van der Waals surface area contributed by atoms with Gasteiger partial charge in [0.1, 0.15) is 5.75 Å². The molecule has 1 fully saturated rings. The number of hydrogen-bond acceptors (Lipinski definition) is 4. The monoisotopic (exact) mass is 514 g/mol. The number of ether oxygens (including phenoxy) is 1. The molecule has 2 N–H and O–H groups in total. The summed E-state index contributed by atoms with van der Waals surface area (Å²) in [5, 5.41) is 9.09. The molecule has 1 saturated heterocycles. The third-order valence-corrected chi connectivity index (χ3v) is 5.81. The van der Waals surface area contributed by atoms with Crippen molar-refractivity contribution in [3.63, 3.8) is 0 Å². The number of guanidine groups is 1. The quantitative estimate of drug-likeness (QED) is 0.314. The largest absolute Gasteiger partial charge is 0.497 e. The van der Waals surface area contributed by atoms with Gasteiger partial charge in [0.25, 0.3) is 0 Å². The van der Waals surface area contributed by atoms with Crippen LogP contribution >= 0.6 is 35.3 Å². The van der Waals surface area contributed by atoms with Crippen LogP contribution in [0, 0.1) is 0 Å². The Labute approximate surface area is 189 Å². The van der Waals surface area contributed by atoms with Crippen molar-refractivity contribution in [2.45, 2.75) is 32.4 Å². The number of benzene rings is 1. The molecule has 2 heterocycles. The molecule has 1 aliphatic rings. The highest BCUT2D eigenvalue weighted by Gasteiger charge is 2.24. The lowest BCUT2D eigenvalue weighted by Crippen LogP contribution is -2.42. The van der Waals surface area contributed by atoms with Crippen LogP contribution in [0.1, 0.15) is 36.2 Å². The summed E-state index contributed by atoms with van der Waals surface area (Å²) < 4.78 is 5.22. The van der Waals surface area contributed by atoms with Gasteiger partial charge in [0, 0.05) is 18.0 Å². The number of halogens is 1. The molecule has 7 heteroatoms. The van der Waals surface area contributed by atoms with Crippen LogP contribution in [-0.2, 0) is 6.54 Å². The fraction of sp³-hybridized carbons (Fsp3) is 0.476. The molecule has 1 atom stereocenters. The van der Waals surface area contributed by atoms with Crippen molar-refractivity contribution in [1.82, 2.24) is 15.5 Å². The zero-order valence-corrected chi connectivity index (χ0v) is 19.8. The van der Waals surface area contributed by atoms with E-state index in [1.807, 2.05) is 23.5 Å². The van der Waals surface area contributed by atoms with E-state index >= 15 is 0 Å². The number of thiophene rings is 1. The standard InChI is InChI=1S/C21H30N4OS.HI/c1-3-22-21(23-15-17-8-10-18(26-2)11-9-17)24-16-19(20-7-6-14-27-20)25-12-4-5-13-25;/h6-11,14,19H,3-5,12-13,15-16H2,1-2H3,(H2,22,23,24);1H. The minimum absolute atomic E-state index is 0. The zero-order valence-electron chi connectivity index (χ0n) is 16.7. The van der Waals surface area contributed by atoms with Gasteiger partial charge in [-0.05, 0) is 62.0 Å². The summed E-state index contributed by atoms with van der Waals surface area (Å²) in [5.41, 5.74) is 1.17. The molecule has 0 bridgehead atoms. The number of likely N-dealkylation sites (tertiary alicyclic amines) is 1. The van der Waals surface area contributed by atoms with Crippen LogP contribution in [0.3, 0.4) is 0 Å². The number of nitrogens with one attached hydrogen (secondary N) is 2. The molecule has 1 aromatic heterocycles. The van der Waals surface area contributed by atoms with E-state index in [0.717, 1.165) is 24.8 Å². The van der Waals surface area contributed by atoms with Crippen LogP contribution in [0.15, 0.2) is 46.8 Å². The van der Waals surface area contributed by atoms with Crippen LogP contribution in [0.2, 0.25) is 0 Å². The van der Waals surface area contributed by atoms with Gasteiger partial charge in [-0.3, -0.25) is 4.90 Å². The SMILES string of the molecule is CCNC(=NCc1ccc(OC)cc1)NCC(c1cccs1)N1CCCC1.I. The summed E-state index contributed by atoms with van der Waals surface area (Å²) in [6, 6.07) is 12.9. The number of aliphatic imine (C=N–C) groups is 1. The second-order valence-electron chi connectivity index (χ2n) is 6.70. The number of rotatable bonds is 8. The van der Waals surface area contributed by atoms with Gasteiger partial charge < -0.3 is 15.4 Å². The fourth-order valence-corrected chi connectivity index (χ4v) is 4.24. The van der Waals surface area contributed by atoms with Crippen molar-refractivity contribution in [2.24, 2.45) is 4.99 Å². The van der Waals surface area contributed by atoms with Crippen molar-refractivity contribution in [2.75, 3.05) is 33.3 Å². The topological polar surface area (TPSA) is 48.9 Å². The Morgan fingerprint density at radius 2 is 1.93 bits per heavy atom. The van der Waals surface area contributed by atoms with Gasteiger partial charge in [0.05, 0.1) is 19.7 Å². The first-order chi connectivity index (χ1) is 13.3. The Balaban J connectivity index is 0.00000280. The first-order valence-electron chi connectivity index (χ1n) is 9.72. The zero-order chi connectivity index (χ0) is 18.9. The average molecular weight is 514 g/mol. The van der Waals surface area contributed by atoms with Crippen LogP contribution in [-0.4, -0.2) is 44.1 Å². The molecule has 1 unspecified atom stereocenters. The van der Waals surface area contributed by atoms with E-state index in [-0.39, 0.29) is 24.0 Å². The maximum Gasteiger partial charge on any atom is 0.191 e. The first-order valence-corrected chi connectivity index (χ1v) is 10.6.